The van der Waals surface area contributed by atoms with E-state index in [9.17, 15) is 18.0 Å². The highest BCUT2D eigenvalue weighted by atomic mass is 32.2. The van der Waals surface area contributed by atoms with E-state index in [1.807, 2.05) is 6.07 Å². The summed E-state index contributed by atoms with van der Waals surface area (Å²) in [7, 11) is -3.12. The molecule has 0 radical (unpaired) electrons. The van der Waals surface area contributed by atoms with E-state index in [1.165, 1.54) is 29.4 Å². The van der Waals surface area contributed by atoms with Crippen LogP contribution < -0.4 is 16.6 Å². The molecule has 10 heteroatoms. The maximum Gasteiger partial charge on any atom is 0.332 e. The molecule has 0 aliphatic heterocycles. The number of H-pyrrole nitrogens is 1. The molecule has 0 spiro atoms. The third kappa shape index (κ3) is 5.07. The zero-order valence-corrected chi connectivity index (χ0v) is 20.1. The van der Waals surface area contributed by atoms with E-state index in [-0.39, 0.29) is 11.2 Å². The zero-order valence-electron chi connectivity index (χ0n) is 19.3. The lowest BCUT2D eigenvalue weighted by molar-refractivity contribution is 0.594. The Kier molecular flexibility index (Phi) is 5.86. The number of aromatic amines is 1. The molecule has 4 aromatic rings. The Morgan fingerprint density at radius 3 is 2.35 bits per heavy atom. The van der Waals surface area contributed by atoms with Gasteiger partial charge >= 0.3 is 5.69 Å². The quantitative estimate of drug-likeness (QED) is 0.450. The molecule has 2 aromatic carbocycles. The molecular formula is C24H25N5O4S. The number of fused-ring (bicyclic) bond motifs is 1. The predicted molar refractivity (Wildman–Crippen MR) is 133 cm³/mol. The van der Waals surface area contributed by atoms with Gasteiger partial charge in [0.1, 0.15) is 12.1 Å². The van der Waals surface area contributed by atoms with Crippen LogP contribution in [0.4, 0.5) is 11.5 Å². The van der Waals surface area contributed by atoms with Crippen LogP contribution in [0.2, 0.25) is 0 Å². The molecule has 4 rings (SSSR count). The molecule has 0 fully saturated rings. The molecule has 0 bridgehead atoms. The topological polar surface area (TPSA) is 127 Å². The van der Waals surface area contributed by atoms with Gasteiger partial charge < -0.3 is 5.32 Å². The van der Waals surface area contributed by atoms with Gasteiger partial charge in [0.25, 0.3) is 5.56 Å². The molecule has 2 heterocycles. The summed E-state index contributed by atoms with van der Waals surface area (Å²) in [5.74, 6) is 0.501. The van der Waals surface area contributed by atoms with Crippen LogP contribution in [0.5, 0.6) is 0 Å². The molecule has 2 N–H and O–H groups in total. The molecule has 0 saturated carbocycles. The van der Waals surface area contributed by atoms with Crippen molar-refractivity contribution >= 4 is 32.2 Å². The Morgan fingerprint density at radius 1 is 1.03 bits per heavy atom. The Labute approximate surface area is 196 Å². The first kappa shape index (κ1) is 23.4. The van der Waals surface area contributed by atoms with Gasteiger partial charge in [-0.15, -0.1) is 0 Å². The summed E-state index contributed by atoms with van der Waals surface area (Å²) in [5, 5.41) is 3.97. The first-order valence-electron chi connectivity index (χ1n) is 10.6. The van der Waals surface area contributed by atoms with Crippen LogP contribution in [-0.2, 0) is 21.0 Å². The smallest absolute Gasteiger partial charge is 0.332 e. The fraction of sp³-hybridized carbons (Fsp3) is 0.250. The number of rotatable bonds is 5. The van der Waals surface area contributed by atoms with Gasteiger partial charge in [-0.25, -0.2) is 23.2 Å². The first-order valence-corrected chi connectivity index (χ1v) is 12.6. The number of hydrogen-bond acceptors (Lipinski definition) is 7. The molecule has 0 saturated heterocycles. The van der Waals surface area contributed by atoms with Gasteiger partial charge in [0.15, 0.2) is 9.84 Å². The van der Waals surface area contributed by atoms with Crippen molar-refractivity contribution in [2.75, 3.05) is 11.6 Å². The highest BCUT2D eigenvalue weighted by molar-refractivity contribution is 7.89. The van der Waals surface area contributed by atoms with Gasteiger partial charge in [0.05, 0.1) is 17.0 Å². The molecule has 0 aliphatic rings. The van der Waals surface area contributed by atoms with E-state index in [1.54, 1.807) is 30.3 Å². The third-order valence-electron chi connectivity index (χ3n) is 5.28. The minimum Gasteiger partial charge on any atom is -0.340 e. The van der Waals surface area contributed by atoms with Crippen molar-refractivity contribution in [3.63, 3.8) is 0 Å². The van der Waals surface area contributed by atoms with Gasteiger partial charge in [-0.3, -0.25) is 14.3 Å². The molecule has 2 aromatic heterocycles. The number of anilines is 2. The van der Waals surface area contributed by atoms with E-state index in [0.29, 0.717) is 22.5 Å². The normalized spacial score (nSPS) is 12.1. The lowest BCUT2D eigenvalue weighted by atomic mass is 9.85. The van der Waals surface area contributed by atoms with E-state index >= 15 is 0 Å². The number of aromatic nitrogens is 4. The van der Waals surface area contributed by atoms with Crippen molar-refractivity contribution in [1.82, 2.24) is 19.5 Å². The van der Waals surface area contributed by atoms with Gasteiger partial charge in [-0.1, -0.05) is 32.9 Å². The van der Waals surface area contributed by atoms with Crippen LogP contribution in [0.3, 0.4) is 0 Å². The van der Waals surface area contributed by atoms with Gasteiger partial charge in [0, 0.05) is 29.6 Å². The lowest BCUT2D eigenvalue weighted by Gasteiger charge is -2.23. The maximum atomic E-state index is 12.5. The highest BCUT2D eigenvalue weighted by Gasteiger charge is 2.21. The van der Waals surface area contributed by atoms with E-state index in [0.717, 1.165) is 16.8 Å². The second-order valence-corrected chi connectivity index (χ2v) is 11.4. The van der Waals surface area contributed by atoms with Gasteiger partial charge in [0.2, 0.25) is 0 Å². The Morgan fingerprint density at radius 2 is 1.74 bits per heavy atom. The molecule has 176 valence electrons. The van der Waals surface area contributed by atoms with Crippen molar-refractivity contribution in [1.29, 1.82) is 0 Å². The van der Waals surface area contributed by atoms with E-state index < -0.39 is 21.1 Å². The predicted octanol–water partition coefficient (Wildman–Crippen LogP) is 3.05. The maximum absolute atomic E-state index is 12.5. The number of benzene rings is 2. The largest absolute Gasteiger partial charge is 0.340 e. The summed E-state index contributed by atoms with van der Waals surface area (Å²) in [5.41, 5.74) is 2.32. The SMILES string of the molecule is CC(C)(C)c1cc(-n2ccc(=O)[nH]c2=O)cc2c(Nc3ccc(CS(C)(=O)=O)cc3)ncnc12. The lowest BCUT2D eigenvalue weighted by Crippen LogP contribution is -2.27. The second-order valence-electron chi connectivity index (χ2n) is 9.23. The van der Waals surface area contributed by atoms with Crippen LogP contribution in [0.1, 0.15) is 31.9 Å². The standard InChI is InChI=1S/C24H25N5O4S/c1-24(2,3)19-12-17(29-10-9-20(30)28-23(29)31)11-18-21(19)25-14-26-22(18)27-16-7-5-15(6-8-16)13-34(4,32)33/h5-12,14H,13H2,1-4H3,(H,25,26,27)(H,28,30,31). The summed E-state index contributed by atoms with van der Waals surface area (Å²) in [6, 6.07) is 12.0. The molecule has 0 atom stereocenters. The monoisotopic (exact) mass is 479 g/mol. The van der Waals surface area contributed by atoms with Gasteiger partial charge in [-0.2, -0.15) is 0 Å². The van der Waals surface area contributed by atoms with Crippen LogP contribution in [0, 0.1) is 0 Å². The minimum absolute atomic E-state index is 0.0318. The van der Waals surface area contributed by atoms with E-state index in [4.69, 9.17) is 0 Å². The number of nitrogens with zero attached hydrogens (tertiary/aromatic N) is 3. The zero-order chi connectivity index (χ0) is 24.7. The molecule has 9 nitrogen and oxygen atoms in total. The van der Waals surface area contributed by atoms with Crippen molar-refractivity contribution in [3.05, 3.63) is 87.0 Å². The summed E-state index contributed by atoms with van der Waals surface area (Å²) >= 11 is 0. The van der Waals surface area contributed by atoms with Crippen molar-refractivity contribution in [3.8, 4) is 5.69 Å². The van der Waals surface area contributed by atoms with E-state index in [2.05, 4.69) is 41.0 Å². The summed E-state index contributed by atoms with van der Waals surface area (Å²) in [6.45, 7) is 6.16. The van der Waals surface area contributed by atoms with Crippen LogP contribution >= 0.6 is 0 Å². The molecular weight excluding hydrogens is 454 g/mol. The van der Waals surface area contributed by atoms with Crippen LogP contribution in [0.15, 0.2) is 64.6 Å². The van der Waals surface area contributed by atoms with Crippen molar-refractivity contribution in [2.45, 2.75) is 31.9 Å². The Hall–Kier alpha value is -3.79. The molecule has 0 amide bonds. The van der Waals surface area contributed by atoms with Crippen LogP contribution in [0.25, 0.3) is 16.6 Å². The second kappa shape index (κ2) is 8.53. The summed E-state index contributed by atoms with van der Waals surface area (Å²) in [6.07, 6.45) is 4.11. The average Bonchev–Trinajstić information content (AvgIpc) is 2.73. The Balaban J connectivity index is 1.85. The number of hydrogen-bond donors (Lipinski definition) is 2. The molecule has 0 aliphatic carbocycles. The Bertz CT molecular complexity index is 1600. The summed E-state index contributed by atoms with van der Waals surface area (Å²) in [4.78, 5) is 35.2. The van der Waals surface area contributed by atoms with Crippen molar-refractivity contribution < 1.29 is 8.42 Å². The number of sulfone groups is 1. The average molecular weight is 480 g/mol. The van der Waals surface area contributed by atoms with Gasteiger partial charge in [-0.05, 0) is 40.8 Å². The highest BCUT2D eigenvalue weighted by Crippen LogP contribution is 2.34. The first-order chi connectivity index (χ1) is 15.9. The van der Waals surface area contributed by atoms with Crippen LogP contribution in [-0.4, -0.2) is 34.2 Å². The fourth-order valence-corrected chi connectivity index (χ4v) is 4.51. The summed E-state index contributed by atoms with van der Waals surface area (Å²) < 4.78 is 24.5. The van der Waals surface area contributed by atoms with Crippen molar-refractivity contribution in [2.24, 2.45) is 0 Å². The fourth-order valence-electron chi connectivity index (χ4n) is 3.71. The third-order valence-corrected chi connectivity index (χ3v) is 6.14. The molecule has 34 heavy (non-hydrogen) atoms. The number of nitrogens with one attached hydrogen (secondary N) is 2. The minimum atomic E-state index is -3.12. The molecule has 0 unspecified atom stereocenters.